The Morgan fingerprint density at radius 1 is 0.677 bits per heavy atom. The van der Waals surface area contributed by atoms with Crippen LogP contribution in [-0.4, -0.2) is 125 Å². The Labute approximate surface area is 378 Å². The highest BCUT2D eigenvalue weighted by Crippen LogP contribution is 2.41. The van der Waals surface area contributed by atoms with E-state index < -0.39 is 75.3 Å². The Bertz CT molecular complexity index is 2600. The fraction of sp³-hybridized carbons (Fsp3) is 0.532. The zero-order chi connectivity index (χ0) is 45.5. The number of H-pyrrole nitrogens is 2. The minimum absolute atomic E-state index is 0.0110. The van der Waals surface area contributed by atoms with E-state index in [1.165, 1.54) is 4.90 Å². The Balaban J connectivity index is 1.12. The maximum Gasteiger partial charge on any atom is 0.246 e. The molecule has 7 N–H and O–H groups in total. The number of rotatable bonds is 8. The molecule has 346 valence electrons. The van der Waals surface area contributed by atoms with Gasteiger partial charge in [0.2, 0.25) is 45.5 Å². The first-order chi connectivity index (χ1) is 31.3. The van der Waals surface area contributed by atoms with Crippen molar-refractivity contribution in [2.45, 2.75) is 132 Å². The lowest BCUT2D eigenvalue weighted by atomic mass is 9.84. The van der Waals surface area contributed by atoms with E-state index in [-0.39, 0.29) is 63.1 Å². The Kier molecular flexibility index (Phi) is 12.5. The topological polar surface area (TPSA) is 235 Å². The molecule has 5 aliphatic rings. The Morgan fingerprint density at radius 3 is 1.95 bits per heavy atom. The van der Waals surface area contributed by atoms with Crippen LogP contribution in [0.25, 0.3) is 21.8 Å². The van der Waals surface area contributed by atoms with E-state index >= 15 is 4.79 Å². The number of para-hydroxylation sites is 2. The van der Waals surface area contributed by atoms with Gasteiger partial charge in [0.1, 0.15) is 35.7 Å². The van der Waals surface area contributed by atoms with E-state index in [2.05, 4.69) is 36.0 Å². The second-order valence-electron chi connectivity index (χ2n) is 18.8. The molecule has 2 saturated carbocycles. The summed E-state index contributed by atoms with van der Waals surface area (Å²) in [5.41, 5.74) is 1.76. The number of amides is 6. The van der Waals surface area contributed by atoms with Gasteiger partial charge in [-0.3, -0.25) is 28.8 Å². The van der Waals surface area contributed by atoms with Crippen LogP contribution in [0.3, 0.4) is 0 Å². The van der Waals surface area contributed by atoms with Crippen LogP contribution >= 0.6 is 0 Å². The average molecular weight is 910 g/mol. The zero-order valence-electron chi connectivity index (χ0n) is 36.7. The number of carbonyl (C=O) groups is 6. The molecule has 5 fully saturated rings. The van der Waals surface area contributed by atoms with Crippen molar-refractivity contribution in [1.82, 2.24) is 45.8 Å². The number of fused-ring (bicyclic) bond motifs is 6. The summed E-state index contributed by atoms with van der Waals surface area (Å²) in [6.07, 6.45) is 11.0. The molecule has 9 rings (SSSR count). The third kappa shape index (κ3) is 9.11. The number of nitrogens with one attached hydrogen (secondary N) is 7. The van der Waals surface area contributed by atoms with Crippen LogP contribution in [0.1, 0.15) is 88.2 Å². The van der Waals surface area contributed by atoms with Crippen LogP contribution in [0, 0.1) is 5.92 Å². The largest absolute Gasteiger partial charge is 0.361 e. The highest BCUT2D eigenvalue weighted by molar-refractivity contribution is 7.88. The Morgan fingerprint density at radius 2 is 1.29 bits per heavy atom. The Hall–Kier alpha value is -5.75. The number of hydrogen-bond acceptors (Lipinski definition) is 8. The van der Waals surface area contributed by atoms with Gasteiger partial charge in [-0.25, -0.2) is 13.1 Å². The SMILES string of the molecule is CS(=O)(=O)NCC[C@@H]1NC(=O)[C@H](Cc2c[nH]c3ccccc23)NC(=O)C2(CCCC2)NC(=O)[C@H](Cc2c[nH]c3ccccc23)NC(=O)[C@H]2C[C@H]3CCCC[C@H]3N2C(=O)[C@H]2CCCN2C1=O. The van der Waals surface area contributed by atoms with Crippen molar-refractivity contribution >= 4 is 67.3 Å². The molecule has 3 saturated heterocycles. The summed E-state index contributed by atoms with van der Waals surface area (Å²) in [7, 11) is -3.67. The molecule has 0 unspecified atom stereocenters. The van der Waals surface area contributed by atoms with Crippen LogP contribution < -0.4 is 26.0 Å². The molecule has 4 aromatic rings. The normalized spacial score (nSPS) is 28.0. The van der Waals surface area contributed by atoms with Gasteiger partial charge < -0.3 is 41.0 Å². The monoisotopic (exact) mass is 909 g/mol. The first-order valence-electron chi connectivity index (χ1n) is 23.2. The molecular weight excluding hydrogens is 851 g/mol. The molecule has 0 bridgehead atoms. The summed E-state index contributed by atoms with van der Waals surface area (Å²) < 4.78 is 26.8. The van der Waals surface area contributed by atoms with Gasteiger partial charge in [0, 0.05) is 66.2 Å². The number of benzene rings is 2. The van der Waals surface area contributed by atoms with Crippen molar-refractivity contribution < 1.29 is 37.2 Å². The van der Waals surface area contributed by atoms with Crippen molar-refractivity contribution in [3.63, 3.8) is 0 Å². The summed E-state index contributed by atoms with van der Waals surface area (Å²) in [5, 5.41) is 13.7. The van der Waals surface area contributed by atoms with Crippen molar-refractivity contribution in [3.05, 3.63) is 72.1 Å². The van der Waals surface area contributed by atoms with Crippen LogP contribution in [-0.2, 0) is 51.6 Å². The summed E-state index contributed by atoms with van der Waals surface area (Å²) in [5.74, 6) is -3.13. The quantitative estimate of drug-likeness (QED) is 0.138. The molecule has 18 heteroatoms. The van der Waals surface area contributed by atoms with Gasteiger partial charge in [0.05, 0.1) is 6.26 Å². The molecule has 2 aromatic heterocycles. The van der Waals surface area contributed by atoms with Gasteiger partial charge in [-0.15, -0.1) is 0 Å². The predicted octanol–water partition coefficient (Wildman–Crippen LogP) is 2.42. The number of hydrogen-bond donors (Lipinski definition) is 7. The highest BCUT2D eigenvalue weighted by Gasteiger charge is 2.52. The molecule has 17 nitrogen and oxygen atoms in total. The van der Waals surface area contributed by atoms with Crippen molar-refractivity contribution in [3.8, 4) is 0 Å². The van der Waals surface area contributed by atoms with Crippen LogP contribution in [0.4, 0.5) is 0 Å². The van der Waals surface area contributed by atoms with Crippen molar-refractivity contribution in [2.24, 2.45) is 5.92 Å². The molecule has 2 aromatic carbocycles. The van der Waals surface area contributed by atoms with E-state index in [1.807, 2.05) is 54.7 Å². The number of aromatic amines is 2. The fourth-order valence-electron chi connectivity index (χ4n) is 11.3. The second kappa shape index (κ2) is 18.3. The van der Waals surface area contributed by atoms with Crippen LogP contribution in [0.15, 0.2) is 60.9 Å². The zero-order valence-corrected chi connectivity index (χ0v) is 37.5. The van der Waals surface area contributed by atoms with Crippen molar-refractivity contribution in [1.29, 1.82) is 0 Å². The second-order valence-corrected chi connectivity index (χ2v) is 20.6. The predicted molar refractivity (Wildman–Crippen MR) is 242 cm³/mol. The van der Waals surface area contributed by atoms with Gasteiger partial charge in [0.25, 0.3) is 0 Å². The molecule has 3 aliphatic heterocycles. The molecular formula is C47H59N9O8S. The summed E-state index contributed by atoms with van der Waals surface area (Å²) >= 11 is 0. The first kappa shape index (κ1) is 44.5. The maximum atomic E-state index is 15.1. The van der Waals surface area contributed by atoms with E-state index in [0.29, 0.717) is 38.5 Å². The summed E-state index contributed by atoms with van der Waals surface area (Å²) in [6, 6.07) is 9.47. The van der Waals surface area contributed by atoms with E-state index in [1.54, 1.807) is 11.1 Å². The molecule has 5 heterocycles. The molecule has 7 atom stereocenters. The van der Waals surface area contributed by atoms with E-state index in [4.69, 9.17) is 0 Å². The van der Waals surface area contributed by atoms with E-state index in [0.717, 1.165) is 58.5 Å². The number of sulfonamides is 1. The lowest BCUT2D eigenvalue weighted by Crippen LogP contribution is -2.65. The lowest BCUT2D eigenvalue weighted by Gasteiger charge is -2.38. The third-order valence-corrected chi connectivity index (χ3v) is 15.3. The van der Waals surface area contributed by atoms with Crippen molar-refractivity contribution in [2.75, 3.05) is 19.3 Å². The minimum Gasteiger partial charge on any atom is -0.361 e. The smallest absolute Gasteiger partial charge is 0.246 e. The molecule has 2 aliphatic carbocycles. The lowest BCUT2D eigenvalue weighted by molar-refractivity contribution is -0.150. The number of carbonyl (C=O) groups excluding carboxylic acids is 6. The van der Waals surface area contributed by atoms with Crippen LogP contribution in [0.5, 0.6) is 0 Å². The number of aromatic nitrogens is 2. The van der Waals surface area contributed by atoms with Gasteiger partial charge in [-0.1, -0.05) is 62.1 Å². The summed E-state index contributed by atoms with van der Waals surface area (Å²) in [6.45, 7) is 0.0270. The van der Waals surface area contributed by atoms with E-state index in [9.17, 15) is 32.4 Å². The maximum absolute atomic E-state index is 15.1. The first-order valence-corrected chi connectivity index (χ1v) is 25.1. The standard InChI is InChI=1S/C47H59N9O8S/c1-65(63,64)50-21-18-35-44(60)55-22-10-17-39(55)45(61)56-38-16-7-2-11-28(38)25-40(56)43(59)52-37(24-30-27-49-34-15-6-4-13-32(30)34)42(58)54-47(19-8-9-20-47)46(62)53-36(41(57)51-35)23-29-26-48-33-14-5-3-12-31(29)33/h3-6,12-15,26-28,35-40,48-50H,2,7-11,16-25H2,1H3,(H,51,57)(H,52,59)(H,53,62)(H,54,58)/t28-,35+,36+,37+,38-,39-,40-/m1/s1. The average Bonchev–Trinajstić information content (AvgIpc) is 4.15. The molecule has 1 spiro atoms. The third-order valence-electron chi connectivity index (χ3n) is 14.6. The van der Waals surface area contributed by atoms with Gasteiger partial charge in [-0.05, 0) is 80.5 Å². The van der Waals surface area contributed by atoms with Gasteiger partial charge in [0.15, 0.2) is 0 Å². The fourth-order valence-corrected chi connectivity index (χ4v) is 11.8. The molecule has 65 heavy (non-hydrogen) atoms. The minimum atomic E-state index is -3.67. The van der Waals surface area contributed by atoms with Gasteiger partial charge in [-0.2, -0.15) is 0 Å². The van der Waals surface area contributed by atoms with Gasteiger partial charge >= 0.3 is 0 Å². The molecule has 6 amide bonds. The molecule has 0 radical (unpaired) electrons. The number of nitrogens with zero attached hydrogens (tertiary/aromatic N) is 2. The summed E-state index contributed by atoms with van der Waals surface area (Å²) in [4.78, 5) is 99.0. The van der Waals surface area contributed by atoms with Crippen LogP contribution in [0.2, 0.25) is 0 Å². The highest BCUT2D eigenvalue weighted by atomic mass is 32.2.